The second-order valence-electron chi connectivity index (χ2n) is 11.1. The number of benzene rings is 1. The Hall–Kier alpha value is -3.30. The molecule has 1 saturated heterocycles. The summed E-state index contributed by atoms with van der Waals surface area (Å²) < 4.78 is 56.8. The van der Waals surface area contributed by atoms with Crippen molar-refractivity contribution in [2.24, 2.45) is 5.41 Å². The number of amides is 1. The van der Waals surface area contributed by atoms with Crippen LogP contribution in [0.3, 0.4) is 0 Å². The molecule has 1 aromatic carbocycles. The molecule has 1 aromatic heterocycles. The Kier molecular flexibility index (Phi) is 8.63. The Bertz CT molecular complexity index is 1140. The summed E-state index contributed by atoms with van der Waals surface area (Å²) in [6.45, 7) is 10.7. The van der Waals surface area contributed by atoms with E-state index in [4.69, 9.17) is 14.2 Å². The summed E-state index contributed by atoms with van der Waals surface area (Å²) in [6, 6.07) is 9.72. The largest absolute Gasteiger partial charge is 0.476 e. The number of esters is 1. The Morgan fingerprint density at radius 2 is 1.74 bits per heavy atom. The van der Waals surface area contributed by atoms with Crippen LogP contribution in [0.15, 0.2) is 42.6 Å². The zero-order valence-electron chi connectivity index (χ0n) is 22.6. The van der Waals surface area contributed by atoms with Gasteiger partial charge < -0.3 is 19.1 Å². The lowest BCUT2D eigenvalue weighted by atomic mass is 9.85. The minimum absolute atomic E-state index is 0.289. The van der Waals surface area contributed by atoms with Crippen molar-refractivity contribution in [2.45, 2.75) is 71.8 Å². The standard InChI is InChI=1S/C28H35F3N2O5/c1-18-10-7-8-11-19(18)20-16-33(25(35)38-26(2,3)4)15-13-22(20)37-24(34)27(5,6)17-36-23-21(28(29,30)31)12-9-14-32-23/h7-12,14,20,22H,13,15-17H2,1-6H3/t20-,22+/m1/s1. The number of aryl methyl sites for hydroxylation is 1. The maximum Gasteiger partial charge on any atom is 0.421 e. The first-order valence-electron chi connectivity index (χ1n) is 12.5. The number of carbonyl (C=O) groups excluding carboxylic acids is 2. The number of hydrogen-bond donors (Lipinski definition) is 0. The fraction of sp³-hybridized carbons (Fsp3) is 0.536. The SMILES string of the molecule is Cc1ccccc1[C@H]1CN(C(=O)OC(C)(C)C)CC[C@@H]1OC(=O)C(C)(C)COc1ncccc1C(F)(F)F. The van der Waals surface area contributed by atoms with Crippen LogP contribution in [0.5, 0.6) is 5.88 Å². The van der Waals surface area contributed by atoms with Crippen molar-refractivity contribution in [1.82, 2.24) is 9.88 Å². The second kappa shape index (κ2) is 11.2. The zero-order valence-corrected chi connectivity index (χ0v) is 22.6. The maximum absolute atomic E-state index is 13.3. The molecule has 2 heterocycles. The van der Waals surface area contributed by atoms with Crippen LogP contribution in [0.4, 0.5) is 18.0 Å². The van der Waals surface area contributed by atoms with Crippen LogP contribution in [-0.2, 0) is 20.4 Å². The molecule has 3 rings (SSSR count). The molecule has 1 aliphatic rings. The predicted octanol–water partition coefficient (Wildman–Crippen LogP) is 6.15. The third kappa shape index (κ3) is 7.39. The average Bonchev–Trinajstić information content (AvgIpc) is 2.82. The molecule has 208 valence electrons. The van der Waals surface area contributed by atoms with Crippen LogP contribution in [0.25, 0.3) is 0 Å². The molecule has 0 bridgehead atoms. The monoisotopic (exact) mass is 536 g/mol. The van der Waals surface area contributed by atoms with E-state index in [1.807, 2.05) is 31.2 Å². The van der Waals surface area contributed by atoms with Crippen molar-refractivity contribution >= 4 is 12.1 Å². The van der Waals surface area contributed by atoms with E-state index in [0.29, 0.717) is 13.0 Å². The highest BCUT2D eigenvalue weighted by atomic mass is 19.4. The van der Waals surface area contributed by atoms with Gasteiger partial charge in [-0.1, -0.05) is 24.3 Å². The van der Waals surface area contributed by atoms with Gasteiger partial charge >= 0.3 is 18.2 Å². The summed E-state index contributed by atoms with van der Waals surface area (Å²) in [6.07, 6.45) is -4.06. The first kappa shape index (κ1) is 29.3. The lowest BCUT2D eigenvalue weighted by Gasteiger charge is -2.40. The third-order valence-corrected chi connectivity index (χ3v) is 6.25. The van der Waals surface area contributed by atoms with Crippen molar-refractivity contribution < 1.29 is 37.0 Å². The summed E-state index contributed by atoms with van der Waals surface area (Å²) in [4.78, 5) is 31.3. The second-order valence-corrected chi connectivity index (χ2v) is 11.1. The number of piperidine rings is 1. The van der Waals surface area contributed by atoms with Crippen molar-refractivity contribution in [3.05, 3.63) is 59.3 Å². The molecule has 2 atom stereocenters. The molecule has 0 aliphatic carbocycles. The highest BCUT2D eigenvalue weighted by molar-refractivity contribution is 5.76. The summed E-state index contributed by atoms with van der Waals surface area (Å²) >= 11 is 0. The Morgan fingerprint density at radius 1 is 1.05 bits per heavy atom. The molecule has 1 amide bonds. The smallest absolute Gasteiger partial charge is 0.421 e. The Morgan fingerprint density at radius 3 is 2.37 bits per heavy atom. The van der Waals surface area contributed by atoms with E-state index < -0.39 is 46.8 Å². The van der Waals surface area contributed by atoms with Crippen LogP contribution in [0.1, 0.15) is 63.6 Å². The van der Waals surface area contributed by atoms with E-state index in [2.05, 4.69) is 4.98 Å². The fourth-order valence-corrected chi connectivity index (χ4v) is 4.19. The molecule has 0 radical (unpaired) electrons. The molecule has 0 saturated carbocycles. The summed E-state index contributed by atoms with van der Waals surface area (Å²) in [5.74, 6) is -1.52. The van der Waals surface area contributed by atoms with Gasteiger partial charge in [0.15, 0.2) is 0 Å². The number of carbonyl (C=O) groups is 2. The first-order valence-corrected chi connectivity index (χ1v) is 12.5. The van der Waals surface area contributed by atoms with E-state index in [1.165, 1.54) is 12.3 Å². The van der Waals surface area contributed by atoms with E-state index >= 15 is 0 Å². The molecule has 1 fully saturated rings. The van der Waals surface area contributed by atoms with Gasteiger partial charge in [-0.15, -0.1) is 0 Å². The van der Waals surface area contributed by atoms with Gasteiger partial charge in [-0.25, -0.2) is 9.78 Å². The van der Waals surface area contributed by atoms with Crippen LogP contribution < -0.4 is 4.74 Å². The number of rotatable bonds is 6. The highest BCUT2D eigenvalue weighted by Gasteiger charge is 2.41. The number of aromatic nitrogens is 1. The van der Waals surface area contributed by atoms with Crippen molar-refractivity contribution in [2.75, 3.05) is 19.7 Å². The number of pyridine rings is 1. The molecule has 0 unspecified atom stereocenters. The van der Waals surface area contributed by atoms with Gasteiger partial charge in [-0.2, -0.15) is 13.2 Å². The van der Waals surface area contributed by atoms with Gasteiger partial charge in [-0.3, -0.25) is 4.79 Å². The van der Waals surface area contributed by atoms with Gasteiger partial charge in [0.05, 0.1) is 5.41 Å². The fourth-order valence-electron chi connectivity index (χ4n) is 4.19. The highest BCUT2D eigenvalue weighted by Crippen LogP contribution is 2.36. The first-order chi connectivity index (χ1) is 17.6. The number of likely N-dealkylation sites (tertiary alicyclic amines) is 1. The lowest BCUT2D eigenvalue weighted by molar-refractivity contribution is -0.164. The predicted molar refractivity (Wildman–Crippen MR) is 135 cm³/mol. The number of halogens is 3. The Balaban J connectivity index is 1.76. The molecule has 7 nitrogen and oxygen atoms in total. The molecule has 1 aliphatic heterocycles. The molecule has 10 heteroatoms. The normalized spacial score (nSPS) is 18.6. The average molecular weight is 537 g/mol. The van der Waals surface area contributed by atoms with Crippen molar-refractivity contribution in [3.63, 3.8) is 0 Å². The van der Waals surface area contributed by atoms with Crippen LogP contribution in [0.2, 0.25) is 0 Å². The minimum Gasteiger partial charge on any atom is -0.476 e. The van der Waals surface area contributed by atoms with Crippen LogP contribution >= 0.6 is 0 Å². The van der Waals surface area contributed by atoms with Gasteiger partial charge in [0.2, 0.25) is 5.88 Å². The summed E-state index contributed by atoms with van der Waals surface area (Å²) in [5.41, 5.74) is -1.00. The van der Waals surface area contributed by atoms with E-state index in [-0.39, 0.29) is 19.1 Å². The molecular formula is C28H35F3N2O5. The molecule has 2 aromatic rings. The lowest BCUT2D eigenvalue weighted by Crippen LogP contribution is -2.49. The number of nitrogens with zero attached hydrogens (tertiary/aromatic N) is 2. The summed E-state index contributed by atoms with van der Waals surface area (Å²) in [7, 11) is 0. The van der Waals surface area contributed by atoms with E-state index in [1.54, 1.807) is 39.5 Å². The van der Waals surface area contributed by atoms with Gasteiger partial charge in [-0.05, 0) is 64.8 Å². The zero-order chi connectivity index (χ0) is 28.3. The number of hydrogen-bond acceptors (Lipinski definition) is 6. The van der Waals surface area contributed by atoms with Gasteiger partial charge in [0.1, 0.15) is 23.9 Å². The Labute approximate surface area is 221 Å². The molecule has 0 spiro atoms. The van der Waals surface area contributed by atoms with Gasteiger partial charge in [0, 0.05) is 31.6 Å². The van der Waals surface area contributed by atoms with E-state index in [0.717, 1.165) is 17.2 Å². The van der Waals surface area contributed by atoms with Crippen molar-refractivity contribution in [1.29, 1.82) is 0 Å². The number of alkyl halides is 3. The van der Waals surface area contributed by atoms with Gasteiger partial charge in [0.25, 0.3) is 0 Å². The van der Waals surface area contributed by atoms with Crippen molar-refractivity contribution in [3.8, 4) is 5.88 Å². The molecule has 38 heavy (non-hydrogen) atoms. The number of ether oxygens (including phenoxy) is 3. The van der Waals surface area contributed by atoms with Crippen LogP contribution in [0, 0.1) is 12.3 Å². The third-order valence-electron chi connectivity index (χ3n) is 6.25. The minimum atomic E-state index is -4.64. The van der Waals surface area contributed by atoms with Crippen LogP contribution in [-0.4, -0.2) is 53.3 Å². The maximum atomic E-state index is 13.3. The molecule has 0 N–H and O–H groups in total. The van der Waals surface area contributed by atoms with E-state index in [9.17, 15) is 22.8 Å². The topological polar surface area (TPSA) is 78.0 Å². The summed E-state index contributed by atoms with van der Waals surface area (Å²) in [5, 5.41) is 0. The molecular weight excluding hydrogens is 501 g/mol. The quantitative estimate of drug-likeness (QED) is 0.412.